The summed E-state index contributed by atoms with van der Waals surface area (Å²) in [5.41, 5.74) is 0. The van der Waals surface area contributed by atoms with E-state index in [9.17, 15) is 8.76 Å². The Bertz CT molecular complexity index is 66.0. The first-order valence-electron chi connectivity index (χ1n) is 1.65. The average molecular weight is 124 g/mol. The Hall–Kier alpha value is 0.0300. The minimum Gasteiger partial charge on any atom is -0.771 e. The van der Waals surface area contributed by atoms with E-state index in [-0.39, 0.29) is 12.6 Å². The monoisotopic (exact) mass is 124 g/mol. The van der Waals surface area contributed by atoms with E-state index < -0.39 is 11.1 Å². The van der Waals surface area contributed by atoms with Crippen molar-refractivity contribution in [2.24, 2.45) is 0 Å². The molecule has 2 N–H and O–H groups in total. The van der Waals surface area contributed by atoms with E-state index in [1.165, 1.54) is 0 Å². The molecule has 0 aromatic carbocycles. The smallest absolute Gasteiger partial charge is 0.0938 e. The van der Waals surface area contributed by atoms with Crippen LogP contribution in [0, 0.1) is 0 Å². The van der Waals surface area contributed by atoms with Crippen LogP contribution in [0.25, 0.3) is 0 Å². The van der Waals surface area contributed by atoms with Gasteiger partial charge in [-0.25, -0.2) is 0 Å². The Morgan fingerprint density at radius 2 is 2.43 bits per heavy atom. The van der Waals surface area contributed by atoms with Crippen molar-refractivity contribution >= 4 is 11.1 Å². The van der Waals surface area contributed by atoms with Gasteiger partial charge in [0, 0.05) is 0 Å². The highest BCUT2D eigenvalue weighted by atomic mass is 32.2. The molecule has 0 rings (SSSR count). The molecule has 0 aliphatic heterocycles. The molecule has 4 nitrogen and oxygen atoms in total. The normalized spacial score (nSPS) is 14.0. The van der Waals surface area contributed by atoms with Crippen LogP contribution in [-0.4, -0.2) is 26.5 Å². The van der Waals surface area contributed by atoms with Gasteiger partial charge in [0.15, 0.2) is 0 Å². The first-order valence-corrected chi connectivity index (χ1v) is 2.89. The lowest BCUT2D eigenvalue weighted by molar-refractivity contribution is 0.268. The average Bonchev–Trinajstić information content (AvgIpc) is 1.61. The van der Waals surface area contributed by atoms with Gasteiger partial charge in [-0.05, 0) is 11.1 Å². The molecule has 0 saturated heterocycles. The SMILES string of the molecule is O=S([O-])CNCO. The molecule has 1 atom stereocenters. The zero-order valence-corrected chi connectivity index (χ0v) is 4.40. The predicted molar refractivity (Wildman–Crippen MR) is 24.0 cm³/mol. The summed E-state index contributed by atoms with van der Waals surface area (Å²) in [4.78, 5) is 0. The van der Waals surface area contributed by atoms with Gasteiger partial charge in [0.25, 0.3) is 0 Å². The lowest BCUT2D eigenvalue weighted by Gasteiger charge is -2.01. The van der Waals surface area contributed by atoms with Crippen molar-refractivity contribution in [1.82, 2.24) is 5.32 Å². The van der Waals surface area contributed by atoms with Crippen LogP contribution in [0.1, 0.15) is 0 Å². The number of hydrogen-bond acceptors (Lipinski definition) is 4. The molecule has 1 unspecified atom stereocenters. The van der Waals surface area contributed by atoms with Crippen molar-refractivity contribution in [1.29, 1.82) is 0 Å². The summed E-state index contributed by atoms with van der Waals surface area (Å²) in [6.07, 6.45) is 0. The lowest BCUT2D eigenvalue weighted by atomic mass is 11.2. The van der Waals surface area contributed by atoms with Crippen LogP contribution in [0.15, 0.2) is 0 Å². The molecule has 0 aliphatic rings. The van der Waals surface area contributed by atoms with Crippen LogP contribution < -0.4 is 5.32 Å². The summed E-state index contributed by atoms with van der Waals surface area (Å²) in [5, 5.41) is 10.1. The summed E-state index contributed by atoms with van der Waals surface area (Å²) in [7, 11) is 0. The molecule has 0 bridgehead atoms. The van der Waals surface area contributed by atoms with E-state index in [1.807, 2.05) is 0 Å². The fourth-order valence-electron chi connectivity index (χ4n) is 0.129. The first kappa shape index (κ1) is 7.03. The van der Waals surface area contributed by atoms with E-state index >= 15 is 0 Å². The predicted octanol–water partition coefficient (Wildman–Crippen LogP) is -1.64. The number of hydrogen-bond donors (Lipinski definition) is 2. The fourth-order valence-corrected chi connectivity index (χ4v) is 0.387. The minimum absolute atomic E-state index is 0.184. The van der Waals surface area contributed by atoms with Crippen molar-refractivity contribution < 1.29 is 13.9 Å². The highest BCUT2D eigenvalue weighted by Crippen LogP contribution is 1.62. The van der Waals surface area contributed by atoms with Gasteiger partial charge in [0.2, 0.25) is 0 Å². The molecular weight excluding hydrogens is 118 g/mol. The molecule has 44 valence electrons. The van der Waals surface area contributed by atoms with Crippen molar-refractivity contribution in [3.63, 3.8) is 0 Å². The Morgan fingerprint density at radius 3 is 2.57 bits per heavy atom. The number of aliphatic hydroxyl groups excluding tert-OH is 1. The topological polar surface area (TPSA) is 72.4 Å². The van der Waals surface area contributed by atoms with Crippen LogP contribution in [0.5, 0.6) is 0 Å². The lowest BCUT2D eigenvalue weighted by Crippen LogP contribution is -2.19. The van der Waals surface area contributed by atoms with Gasteiger partial charge in [-0.3, -0.25) is 9.53 Å². The van der Waals surface area contributed by atoms with Crippen LogP contribution >= 0.6 is 0 Å². The molecule has 7 heavy (non-hydrogen) atoms. The van der Waals surface area contributed by atoms with Crippen LogP contribution in [-0.2, 0) is 11.1 Å². The third kappa shape index (κ3) is 6.03. The van der Waals surface area contributed by atoms with Gasteiger partial charge in [0.05, 0.1) is 12.6 Å². The van der Waals surface area contributed by atoms with Crippen LogP contribution in [0.4, 0.5) is 0 Å². The fraction of sp³-hybridized carbons (Fsp3) is 1.00. The van der Waals surface area contributed by atoms with E-state index in [2.05, 4.69) is 5.32 Å². The quantitative estimate of drug-likeness (QED) is 0.349. The van der Waals surface area contributed by atoms with Gasteiger partial charge in [-0.1, -0.05) is 0 Å². The molecular formula is C2H6NO3S-. The largest absolute Gasteiger partial charge is 0.771 e. The van der Waals surface area contributed by atoms with Crippen molar-refractivity contribution in [2.45, 2.75) is 0 Å². The molecule has 0 heterocycles. The number of aliphatic hydroxyl groups is 1. The number of nitrogens with one attached hydrogen (secondary N) is 1. The maximum absolute atomic E-state index is 9.58. The Morgan fingerprint density at radius 1 is 1.86 bits per heavy atom. The maximum Gasteiger partial charge on any atom is 0.0938 e. The molecule has 0 amide bonds. The molecule has 0 fully saturated rings. The molecule has 0 aromatic heterocycles. The Kier molecular flexibility index (Phi) is 4.21. The minimum atomic E-state index is -2.09. The summed E-state index contributed by atoms with van der Waals surface area (Å²) < 4.78 is 19.2. The van der Waals surface area contributed by atoms with E-state index in [0.29, 0.717) is 0 Å². The Labute approximate surface area is 43.8 Å². The van der Waals surface area contributed by atoms with Gasteiger partial charge >= 0.3 is 0 Å². The van der Waals surface area contributed by atoms with E-state index in [4.69, 9.17) is 5.11 Å². The molecule has 5 heteroatoms. The second-order valence-corrected chi connectivity index (χ2v) is 1.75. The van der Waals surface area contributed by atoms with Crippen molar-refractivity contribution in [3.8, 4) is 0 Å². The third-order valence-corrected chi connectivity index (χ3v) is 0.772. The Balaban J connectivity index is 2.82. The summed E-state index contributed by atoms with van der Waals surface area (Å²) in [6.45, 7) is -0.298. The summed E-state index contributed by atoms with van der Waals surface area (Å²) >= 11 is -2.09. The van der Waals surface area contributed by atoms with E-state index in [0.717, 1.165) is 0 Å². The molecule has 0 aromatic rings. The standard InChI is InChI=1S/C2H7NO3S/c4-1-3-2-7(5)6/h3-4H,1-2H2,(H,5,6)/p-1. The number of rotatable bonds is 3. The van der Waals surface area contributed by atoms with Crippen molar-refractivity contribution in [3.05, 3.63) is 0 Å². The maximum atomic E-state index is 9.58. The highest BCUT2D eigenvalue weighted by Gasteiger charge is 1.76. The summed E-state index contributed by atoms with van der Waals surface area (Å²) in [6, 6.07) is 0. The highest BCUT2D eigenvalue weighted by molar-refractivity contribution is 7.79. The van der Waals surface area contributed by atoms with Gasteiger partial charge in [-0.15, -0.1) is 0 Å². The van der Waals surface area contributed by atoms with E-state index in [1.54, 1.807) is 0 Å². The summed E-state index contributed by atoms with van der Waals surface area (Å²) in [5.74, 6) is -0.184. The molecule has 0 spiro atoms. The van der Waals surface area contributed by atoms with Gasteiger partial charge < -0.3 is 9.66 Å². The zero-order valence-electron chi connectivity index (χ0n) is 3.59. The first-order chi connectivity index (χ1) is 3.27. The zero-order chi connectivity index (χ0) is 5.70. The molecule has 0 aliphatic carbocycles. The third-order valence-electron chi connectivity index (χ3n) is 0.332. The van der Waals surface area contributed by atoms with Crippen LogP contribution in [0.2, 0.25) is 0 Å². The van der Waals surface area contributed by atoms with Crippen molar-refractivity contribution in [2.75, 3.05) is 12.6 Å². The molecule has 0 radical (unpaired) electrons. The second kappa shape index (κ2) is 4.20. The van der Waals surface area contributed by atoms with Gasteiger partial charge in [-0.2, -0.15) is 0 Å². The van der Waals surface area contributed by atoms with Crippen LogP contribution in [0.3, 0.4) is 0 Å². The molecule has 0 saturated carbocycles. The second-order valence-electron chi connectivity index (χ2n) is 0.856. The van der Waals surface area contributed by atoms with Gasteiger partial charge in [0.1, 0.15) is 0 Å².